The van der Waals surface area contributed by atoms with Crippen LogP contribution < -0.4 is 156 Å². The summed E-state index contributed by atoms with van der Waals surface area (Å²) in [6, 6.07) is 57.2. The van der Waals surface area contributed by atoms with Crippen molar-refractivity contribution >= 4 is 185 Å². The van der Waals surface area contributed by atoms with Gasteiger partial charge in [-0.05, 0) is 165 Å². The van der Waals surface area contributed by atoms with Crippen LogP contribution in [0.2, 0.25) is 0 Å². The number of anilines is 12. The van der Waals surface area contributed by atoms with Crippen molar-refractivity contribution in [2.45, 2.75) is 39.4 Å². The van der Waals surface area contributed by atoms with Crippen molar-refractivity contribution < 1.29 is 49.1 Å². The predicted octanol–water partition coefficient (Wildman–Crippen LogP) is 4.59. The van der Waals surface area contributed by atoms with Crippen LogP contribution in [0.3, 0.4) is 0 Å². The molecule has 0 saturated carbocycles. The maximum atomic E-state index is 8.43. The minimum atomic E-state index is -2.77. The van der Waals surface area contributed by atoms with Gasteiger partial charge in [0.1, 0.15) is 119 Å². The van der Waals surface area contributed by atoms with Crippen LogP contribution in [-0.4, -0.2) is 235 Å². The first-order valence-electron chi connectivity index (χ1n) is 55.0. The molecule has 0 radical (unpaired) electrons. The average molecular weight is 1780 g/mol. The van der Waals surface area contributed by atoms with Gasteiger partial charge in [-0.3, -0.25) is 0 Å². The van der Waals surface area contributed by atoms with Crippen LogP contribution in [0, 0.1) is 11.8 Å². The van der Waals surface area contributed by atoms with Gasteiger partial charge in [0.25, 0.3) is 33.6 Å². The Morgan fingerprint density at radius 1 is 0.293 bits per heavy atom. The van der Waals surface area contributed by atoms with Crippen molar-refractivity contribution in [3.8, 4) is 46.0 Å². The Kier molecular flexibility index (Phi) is 16.5. The summed E-state index contributed by atoms with van der Waals surface area (Å²) >= 11 is 0. The summed E-state index contributed by atoms with van der Waals surface area (Å²) in [5.41, 5.74) is 20.0. The molecule has 11 aliphatic rings. The summed E-state index contributed by atoms with van der Waals surface area (Å²) in [6.07, 6.45) is 7.13. The largest absolute Gasteiger partial charge is 0.458 e. The van der Waals surface area contributed by atoms with Crippen molar-refractivity contribution in [2.24, 2.45) is 11.8 Å². The predicted molar refractivity (Wildman–Crippen MR) is 543 cm³/mol. The molecule has 32 heteroatoms. The van der Waals surface area contributed by atoms with E-state index in [9.17, 15) is 0 Å². The number of hydrogen-bond donors (Lipinski definition) is 0. The molecule has 11 aliphatic heterocycles. The molecule has 25 rings (SSSR count). The van der Waals surface area contributed by atoms with Gasteiger partial charge in [-0.25, -0.2) is 59.8 Å². The van der Waals surface area contributed by atoms with E-state index in [4.69, 9.17) is 64.1 Å². The SMILES string of the molecule is CN(C)c1ccc2c(c1)Oc1cc(N(C)C)ccc1B2c1ncnc(B2c3ccc(N(C)C)cc3Oc3cc(N(C)C)ccc32)n1.[2H]C1([2H])N(c2ccc3c(c2)N(C)c2cc(N4C([2H])([2H])C([2H])(C)C4([2H])[2H])ccc2B3c2ncncn2)C([2H])([2H])C1([2H])[2H].[2H]C1([2H])N(c2ccc3c(c2)Oc2cc(N4C([2H])([2H])C([2H])(C)C4([2H])[2H])ccc2B3c2ncncn2)C([2H])([2H])C1([2H])[2H].c1ncnc(B2c3ccc(N4CCC4)cc3Oc3cc(N4CCC4)ccc32)n1. The molecule has 0 aliphatic carbocycles. The smallest absolute Gasteiger partial charge is 0.298 e. The van der Waals surface area contributed by atoms with Crippen LogP contribution in [0.4, 0.5) is 68.2 Å². The maximum absolute atomic E-state index is 8.43. The highest BCUT2D eigenvalue weighted by molar-refractivity contribution is 6.99. The molecule has 10 aromatic carbocycles. The Balaban J connectivity index is 0.000000117. The summed E-state index contributed by atoms with van der Waals surface area (Å²) in [5.74, 6) is 1.36. The Morgan fingerprint density at radius 2 is 0.534 bits per heavy atom. The van der Waals surface area contributed by atoms with Crippen molar-refractivity contribution in [1.82, 2.24) is 59.8 Å². The van der Waals surface area contributed by atoms with Gasteiger partial charge in [-0.2, -0.15) is 0 Å². The highest BCUT2D eigenvalue weighted by Gasteiger charge is 2.44. The third-order valence-corrected chi connectivity index (χ3v) is 25.5. The van der Waals surface area contributed by atoms with Gasteiger partial charge < -0.3 is 72.8 Å². The summed E-state index contributed by atoms with van der Waals surface area (Å²) in [4.78, 5) is 71.0. The average Bonchev–Trinajstić information content (AvgIpc) is 0.666. The zero-order chi connectivity index (χ0) is 110. The molecule has 15 heterocycles. The second kappa shape index (κ2) is 35.0. The topological polar surface area (TPSA) is 227 Å². The molecule has 6 fully saturated rings. The lowest BCUT2D eigenvalue weighted by Crippen LogP contribution is -2.62. The molecule has 0 N–H and O–H groups in total. The van der Waals surface area contributed by atoms with E-state index in [1.54, 1.807) is 73.4 Å². The molecule has 6 saturated heterocycles. The highest BCUT2D eigenvalue weighted by Crippen LogP contribution is 2.40. The molecule has 662 valence electrons. The fourth-order valence-corrected chi connectivity index (χ4v) is 18.2. The Bertz CT molecular complexity index is 7360. The lowest BCUT2D eigenvalue weighted by atomic mass is 9.37. The van der Waals surface area contributed by atoms with Crippen LogP contribution in [-0.2, 0) is 0 Å². The zero-order valence-electron chi connectivity index (χ0n) is 96.9. The van der Waals surface area contributed by atoms with Crippen LogP contribution in [0.25, 0.3) is 0 Å². The van der Waals surface area contributed by atoms with Crippen LogP contribution >= 0.6 is 0 Å². The molecule has 14 aromatic rings. The monoisotopic (exact) mass is 1780 g/mol. The number of hydrogen-bond acceptors (Lipinski definition) is 27. The van der Waals surface area contributed by atoms with E-state index in [0.717, 1.165) is 142 Å². The quantitative estimate of drug-likeness (QED) is 0.128. The van der Waals surface area contributed by atoms with E-state index < -0.39 is 89.9 Å². The van der Waals surface area contributed by atoms with E-state index in [1.165, 1.54) is 93.7 Å². The van der Waals surface area contributed by atoms with Crippen molar-refractivity contribution in [2.75, 3.05) is 195 Å². The Morgan fingerprint density at radius 3 is 0.827 bits per heavy atom. The Hall–Kier alpha value is -14.4. The molecule has 0 unspecified atom stereocenters. The van der Waals surface area contributed by atoms with E-state index in [1.807, 2.05) is 56.4 Å². The normalized spacial score (nSPS) is 22.6. The van der Waals surface area contributed by atoms with E-state index >= 15 is 0 Å². The third kappa shape index (κ3) is 16.0. The summed E-state index contributed by atoms with van der Waals surface area (Å²) in [7, 11) is 18.0. The van der Waals surface area contributed by atoms with Gasteiger partial charge in [-0.1, -0.05) is 74.5 Å². The molecule has 0 amide bonds. The van der Waals surface area contributed by atoms with Crippen molar-refractivity contribution in [3.63, 3.8) is 0 Å². The zero-order valence-corrected chi connectivity index (χ0v) is 74.9. The van der Waals surface area contributed by atoms with Gasteiger partial charge >= 0.3 is 0 Å². The third-order valence-electron chi connectivity index (χ3n) is 25.5. The number of benzene rings is 10. The minimum Gasteiger partial charge on any atom is -0.458 e. The number of aromatic nitrogens is 12. The first-order chi connectivity index (χ1) is 73.2. The molecule has 0 spiro atoms. The van der Waals surface area contributed by atoms with Crippen molar-refractivity contribution in [1.29, 1.82) is 0 Å². The van der Waals surface area contributed by atoms with E-state index in [0.29, 0.717) is 55.6 Å². The summed E-state index contributed by atoms with van der Waals surface area (Å²) < 4.78 is 207. The molecule has 0 bridgehead atoms. The van der Waals surface area contributed by atoms with Gasteiger partial charge in [0.05, 0.1) is 0 Å². The number of ether oxygens (including phenoxy) is 4. The molecule has 4 aromatic heterocycles. The maximum Gasteiger partial charge on any atom is 0.298 e. The van der Waals surface area contributed by atoms with Gasteiger partial charge in [0.2, 0.25) is 0 Å². The molecule has 0 atom stereocenters. The highest BCUT2D eigenvalue weighted by atomic mass is 16.5. The second-order valence-corrected chi connectivity index (χ2v) is 34.6. The standard InChI is InChI=1S/C35H37B2N7O2.C23H25BN6.C22H22BN5O.C21H20BN5O/c1-41(2)22-9-13-26-30(17-22)45-31-18-23(42(3)4)10-14-27(31)36(26)34-38-21-39-35(40-34)37-28-15-11-24(43(5)6)19-32(28)46-33-20-25(44(7)8)12-16-29(33)37;1-16-12-30(13-16)18-5-7-20-22(11-18)28(2)21-10-17(29-8-3-9-29)4-6-19(21)24(20)23-26-14-25-15-27-23;1-15-11-28(12-15)17-4-6-19-21(10-17)29-20-9-16(27-7-2-8-27)3-5-18(20)23(19)22-25-13-24-14-26-22;1-7-26(8-1)15-3-5-17-19(11-15)28-20-12-16(27-9-2-10-27)4-6-18(20)22(17)21-24-13-23-14-25-21/h9-21H,1-8H3;4-7,10-11,14-16H,3,8-9,12-13H2,1-2H3;3-6,9-10,13-15H,2,7-8,11-12H2,1H3;3-6,11-14H,1-2,7-10H2/i;3D2,8D2,9D2,12D2,13D2,16D;2D2,7D2,8D2,11D2,12D2,15D;. The molecule has 27 nitrogen and oxygen atoms in total. The van der Waals surface area contributed by atoms with Crippen LogP contribution in [0.1, 0.15) is 69.6 Å². The van der Waals surface area contributed by atoms with E-state index in [-0.39, 0.29) is 54.4 Å². The first-order valence-corrected chi connectivity index (χ1v) is 44.0. The first kappa shape index (κ1) is 62.8. The summed E-state index contributed by atoms with van der Waals surface area (Å²) in [6.45, 7) is -14.6. The Labute approximate surface area is 809 Å². The second-order valence-electron chi connectivity index (χ2n) is 34.6. The molecular weight excluding hydrogens is 1650 g/mol. The summed E-state index contributed by atoms with van der Waals surface area (Å²) in [5, 5.41) is 0. The lowest BCUT2D eigenvalue weighted by molar-refractivity contribution is 0.445. The van der Waals surface area contributed by atoms with E-state index in [2.05, 4.69) is 183 Å². The van der Waals surface area contributed by atoms with Gasteiger partial charge in [-0.15, -0.1) is 0 Å². The van der Waals surface area contributed by atoms with Crippen molar-refractivity contribution in [3.05, 3.63) is 226 Å². The number of rotatable bonds is 15. The minimum absolute atomic E-state index is 0.0401. The number of fused-ring (bicyclic) bond motifs is 10. The molecular formula is C101H104B5N23O4. The fraction of sp³-hybridized carbons (Fsp3) is 0.287. The fourth-order valence-electron chi connectivity index (χ4n) is 18.2. The van der Waals surface area contributed by atoms with Gasteiger partial charge in [0, 0.05) is 289 Å². The number of nitrogens with zero attached hydrogens (tertiary/aromatic N) is 23. The van der Waals surface area contributed by atoms with Crippen LogP contribution in [0.5, 0.6) is 46.0 Å². The lowest BCUT2D eigenvalue weighted by Gasteiger charge is -2.41. The van der Waals surface area contributed by atoms with Gasteiger partial charge in [0.15, 0.2) is 0 Å². The van der Waals surface area contributed by atoms with Crippen LogP contribution in [0.15, 0.2) is 226 Å². The molecule has 133 heavy (non-hydrogen) atoms.